The van der Waals surface area contributed by atoms with Crippen LogP contribution in [0.15, 0.2) is 12.7 Å². The van der Waals surface area contributed by atoms with Crippen molar-refractivity contribution in [1.82, 2.24) is 9.80 Å². The molecule has 8 nitrogen and oxygen atoms in total. The Morgan fingerprint density at radius 2 is 1.62 bits per heavy atom. The molecule has 0 aliphatic rings. The number of carbonyl (C=O) groups excluding carboxylic acids is 2. The van der Waals surface area contributed by atoms with E-state index in [1.807, 2.05) is 0 Å². The molecule has 0 fully saturated rings. The summed E-state index contributed by atoms with van der Waals surface area (Å²) >= 11 is 5.16. The normalized spacial score (nSPS) is 11.7. The standard InChI is InChI=1S/C8H17NO3S.C5H9NO.C3H8O2S.H2/c1-9(2)8(12)3-4-13-6-7(11)5-10;1-4-5(7)6(2)3;4-1-3(5)2-6;/h7,10-11H,3-6H2,1-2H3;4H,1H2,2-3H3;3-6H,1-2H2;1H/i;;;1+1. The van der Waals surface area contributed by atoms with Crippen LogP contribution in [0.2, 0.25) is 0 Å². The van der Waals surface area contributed by atoms with Crippen molar-refractivity contribution < 1.29 is 31.4 Å². The Hall–Kier alpha value is -0.780. The minimum Gasteiger partial charge on any atom is -0.394 e. The molecule has 0 aromatic rings. The number of carbonyl (C=O) groups is 2. The number of hydrogen-bond acceptors (Lipinski definition) is 8. The fraction of sp³-hybridized carbons (Fsp3) is 0.750. The molecule has 0 radical (unpaired) electrons. The maximum absolute atomic E-state index is 11.1. The maximum Gasteiger partial charge on any atom is 0.245 e. The van der Waals surface area contributed by atoms with E-state index in [0.717, 1.165) is 0 Å². The predicted molar refractivity (Wildman–Crippen MR) is 112 cm³/mol. The van der Waals surface area contributed by atoms with Gasteiger partial charge in [0.1, 0.15) is 0 Å². The molecule has 0 heterocycles. The van der Waals surface area contributed by atoms with Gasteiger partial charge in [-0.25, -0.2) is 0 Å². The average Bonchev–Trinajstić information content (AvgIpc) is 2.63. The van der Waals surface area contributed by atoms with E-state index in [2.05, 4.69) is 19.2 Å². The van der Waals surface area contributed by atoms with Gasteiger partial charge < -0.3 is 30.2 Å². The van der Waals surface area contributed by atoms with Crippen LogP contribution < -0.4 is 0 Å². The topological polar surface area (TPSA) is 122 Å². The maximum atomic E-state index is 11.1. The van der Waals surface area contributed by atoms with Gasteiger partial charge in [0.15, 0.2) is 0 Å². The molecular weight excluding hydrogens is 380 g/mol. The lowest BCUT2D eigenvalue weighted by molar-refractivity contribution is -0.128. The molecule has 0 aliphatic heterocycles. The number of aliphatic hydroxyl groups is 4. The van der Waals surface area contributed by atoms with E-state index in [1.54, 1.807) is 33.1 Å². The molecule has 10 heteroatoms. The Kier molecular flexibility index (Phi) is 23.7. The molecule has 4 N–H and O–H groups in total. The Balaban J connectivity index is -0.000000160. The molecule has 0 saturated carbocycles. The van der Waals surface area contributed by atoms with Crippen LogP contribution in [0.4, 0.5) is 0 Å². The fourth-order valence-corrected chi connectivity index (χ4v) is 1.87. The summed E-state index contributed by atoms with van der Waals surface area (Å²) in [6.45, 7) is 2.89. The number of rotatable bonds is 9. The minimum absolute atomic E-state index is 0. The van der Waals surface area contributed by atoms with Gasteiger partial charge in [0, 0.05) is 53.3 Å². The molecule has 0 spiro atoms. The molecular formula is C16H36N2O6S2. The summed E-state index contributed by atoms with van der Waals surface area (Å²) in [7, 11) is 6.80. The monoisotopic (exact) mass is 417 g/mol. The second-order valence-corrected chi connectivity index (χ2v) is 6.92. The molecule has 2 atom stereocenters. The molecule has 0 rings (SSSR count). The van der Waals surface area contributed by atoms with Gasteiger partial charge in [-0.2, -0.15) is 24.4 Å². The number of thiol groups is 1. The van der Waals surface area contributed by atoms with E-state index in [9.17, 15) is 9.59 Å². The van der Waals surface area contributed by atoms with Crippen LogP contribution in [0.1, 0.15) is 7.85 Å². The SMILES string of the molecule is C=CC(=O)N(C)C.CN(C)C(=O)CCSCC(O)CO.OCC(O)CS.[2HH]. The number of aliphatic hydroxyl groups excluding tert-OH is 4. The van der Waals surface area contributed by atoms with E-state index < -0.39 is 12.2 Å². The van der Waals surface area contributed by atoms with E-state index in [-0.39, 0.29) is 26.5 Å². The van der Waals surface area contributed by atoms with Gasteiger partial charge in [0.2, 0.25) is 11.8 Å². The molecule has 0 aliphatic carbocycles. The number of thioether (sulfide) groups is 1. The molecule has 2 amide bonds. The van der Waals surface area contributed by atoms with Crippen molar-refractivity contribution in [2.75, 3.05) is 58.7 Å². The average molecular weight is 418 g/mol. The van der Waals surface area contributed by atoms with Crippen LogP contribution in [0, 0.1) is 0 Å². The van der Waals surface area contributed by atoms with Gasteiger partial charge in [0.25, 0.3) is 0 Å². The van der Waals surface area contributed by atoms with Crippen LogP contribution in [-0.2, 0) is 9.59 Å². The van der Waals surface area contributed by atoms with E-state index in [0.29, 0.717) is 23.7 Å². The first-order valence-corrected chi connectivity index (χ1v) is 9.66. The van der Waals surface area contributed by atoms with Crippen LogP contribution in [0.5, 0.6) is 0 Å². The Morgan fingerprint density at radius 1 is 1.12 bits per heavy atom. The van der Waals surface area contributed by atoms with Gasteiger partial charge in [0.05, 0.1) is 25.4 Å². The second kappa shape index (κ2) is 20.5. The fourth-order valence-electron chi connectivity index (χ4n) is 0.895. The summed E-state index contributed by atoms with van der Waals surface area (Å²) in [5, 5.41) is 33.8. The molecule has 26 heavy (non-hydrogen) atoms. The van der Waals surface area contributed by atoms with Crippen molar-refractivity contribution in [3.8, 4) is 0 Å². The summed E-state index contributed by atoms with van der Waals surface area (Å²) in [4.78, 5) is 24.4. The summed E-state index contributed by atoms with van der Waals surface area (Å²) in [5.74, 6) is 1.54. The highest BCUT2D eigenvalue weighted by Gasteiger charge is 2.05. The zero-order chi connectivity index (χ0) is 21.1. The minimum atomic E-state index is -0.667. The highest BCUT2D eigenvalue weighted by Crippen LogP contribution is 2.05. The van der Waals surface area contributed by atoms with Gasteiger partial charge in [-0.1, -0.05) is 6.58 Å². The third kappa shape index (κ3) is 23.2. The number of likely N-dealkylation sites (N-methyl/N-ethyl adjacent to an activating group) is 1. The Bertz CT molecular complexity index is 373. The van der Waals surface area contributed by atoms with Crippen molar-refractivity contribution >= 4 is 36.2 Å². The largest absolute Gasteiger partial charge is 0.394 e. The van der Waals surface area contributed by atoms with Crippen molar-refractivity contribution in [1.29, 1.82) is 0 Å². The van der Waals surface area contributed by atoms with E-state index >= 15 is 0 Å². The van der Waals surface area contributed by atoms with Crippen LogP contribution >= 0.6 is 24.4 Å². The number of hydrogen-bond donors (Lipinski definition) is 5. The predicted octanol–water partition coefficient (Wildman–Crippen LogP) is -0.673. The Labute approximate surface area is 167 Å². The molecule has 0 saturated heterocycles. The van der Waals surface area contributed by atoms with Gasteiger partial charge in [-0.15, -0.1) is 0 Å². The van der Waals surface area contributed by atoms with Crippen LogP contribution in [0.3, 0.4) is 0 Å². The smallest absolute Gasteiger partial charge is 0.245 e. The quantitative estimate of drug-likeness (QED) is 0.192. The lowest BCUT2D eigenvalue weighted by Crippen LogP contribution is -2.22. The van der Waals surface area contributed by atoms with Crippen molar-refractivity contribution in [3.63, 3.8) is 0 Å². The molecule has 0 aromatic heterocycles. The van der Waals surface area contributed by atoms with Crippen molar-refractivity contribution in [2.24, 2.45) is 0 Å². The third-order valence-electron chi connectivity index (χ3n) is 2.52. The van der Waals surface area contributed by atoms with Crippen LogP contribution in [-0.4, -0.2) is 113 Å². The zero-order valence-electron chi connectivity index (χ0n) is 16.0. The van der Waals surface area contributed by atoms with Crippen LogP contribution in [0.25, 0.3) is 0 Å². The molecule has 0 bridgehead atoms. The summed E-state index contributed by atoms with van der Waals surface area (Å²) in [6, 6.07) is 0. The van der Waals surface area contributed by atoms with Crippen molar-refractivity contribution in [3.05, 3.63) is 12.7 Å². The van der Waals surface area contributed by atoms with Crippen molar-refractivity contribution in [2.45, 2.75) is 18.6 Å². The highest BCUT2D eigenvalue weighted by atomic mass is 32.2. The summed E-state index contributed by atoms with van der Waals surface area (Å²) < 4.78 is 0. The molecule has 0 aromatic carbocycles. The highest BCUT2D eigenvalue weighted by molar-refractivity contribution is 7.99. The molecule has 2 unspecified atom stereocenters. The second-order valence-electron chi connectivity index (χ2n) is 5.41. The van der Waals surface area contributed by atoms with E-state index in [1.165, 1.54) is 22.7 Å². The summed E-state index contributed by atoms with van der Waals surface area (Å²) in [6.07, 6.45) is 0.448. The van der Waals surface area contributed by atoms with E-state index in [4.69, 9.17) is 20.4 Å². The lowest BCUT2D eigenvalue weighted by atomic mass is 10.4. The third-order valence-corrected chi connectivity index (χ3v) is 4.05. The number of amides is 2. The Morgan fingerprint density at radius 3 is 1.85 bits per heavy atom. The first-order valence-electron chi connectivity index (χ1n) is 7.87. The number of nitrogens with zero attached hydrogens (tertiary/aromatic N) is 2. The first kappa shape index (κ1) is 30.0. The first-order chi connectivity index (χ1) is 12.1. The molecule has 158 valence electrons. The lowest BCUT2D eigenvalue weighted by Gasteiger charge is -2.10. The summed E-state index contributed by atoms with van der Waals surface area (Å²) in [5.41, 5.74) is 0. The van der Waals surface area contributed by atoms with Gasteiger partial charge >= 0.3 is 0 Å². The zero-order valence-corrected chi connectivity index (χ0v) is 17.7. The van der Waals surface area contributed by atoms with Gasteiger partial charge in [-0.3, -0.25) is 9.59 Å². The van der Waals surface area contributed by atoms with Gasteiger partial charge in [-0.05, 0) is 6.08 Å².